The van der Waals surface area contributed by atoms with Crippen LogP contribution in [0.1, 0.15) is 36.7 Å². The molecule has 0 aliphatic rings. The second-order valence-electron chi connectivity index (χ2n) is 7.90. The number of aromatic nitrogens is 4. The van der Waals surface area contributed by atoms with E-state index in [1.165, 1.54) is 23.9 Å². The Hall–Kier alpha value is -3.56. The van der Waals surface area contributed by atoms with Gasteiger partial charge in [0.05, 0.1) is 29.1 Å². The number of pyridine rings is 1. The number of para-hydroxylation sites is 1. The fourth-order valence-corrected chi connectivity index (χ4v) is 3.94. The number of ether oxygens (including phenoxy) is 1. The largest absolute Gasteiger partial charge is 0.487 e. The van der Waals surface area contributed by atoms with Crippen LogP contribution in [0.4, 0.5) is 4.39 Å². The van der Waals surface area contributed by atoms with Gasteiger partial charge in [-0.25, -0.2) is 9.37 Å². The van der Waals surface area contributed by atoms with Crippen molar-refractivity contribution in [1.82, 2.24) is 25.3 Å². The fourth-order valence-electron chi connectivity index (χ4n) is 3.67. The molecule has 0 bridgehead atoms. The number of hydrogen-bond acceptors (Lipinski definition) is 6. The van der Waals surface area contributed by atoms with E-state index in [0.717, 1.165) is 16.8 Å². The summed E-state index contributed by atoms with van der Waals surface area (Å²) in [6.45, 7) is 4.91. The summed E-state index contributed by atoms with van der Waals surface area (Å²) < 4.78 is 20.3. The molecule has 34 heavy (non-hydrogen) atoms. The van der Waals surface area contributed by atoms with Crippen molar-refractivity contribution in [3.63, 3.8) is 0 Å². The number of aliphatic hydroxyl groups is 1. The number of carbonyl (C=O) groups excluding carboxylic acids is 1. The van der Waals surface area contributed by atoms with Gasteiger partial charge in [-0.05, 0) is 50.6 Å². The van der Waals surface area contributed by atoms with Crippen LogP contribution in [-0.4, -0.2) is 37.1 Å². The van der Waals surface area contributed by atoms with E-state index in [1.807, 2.05) is 25.1 Å². The van der Waals surface area contributed by atoms with Gasteiger partial charge in [0.1, 0.15) is 29.8 Å². The number of aliphatic hydroxyl groups excluding tert-OH is 1. The molecule has 10 heteroatoms. The molecule has 2 aromatic heterocycles. The SMILES string of the molecule is Cc1cc(-n2nccn2)c2cccc(OCc3c(Cl)cc(F)cc3[C@H](C)NC(=O)[C@@H](C)O)c2n1. The van der Waals surface area contributed by atoms with E-state index >= 15 is 0 Å². The standard InChI is InChI=1S/C24H23ClFN5O3/c1-13-9-21(31-27-7-8-28-31)17-5-4-6-22(23(17)29-13)34-12-19-18(10-16(26)11-20(19)25)14(2)30-24(33)15(3)32/h4-11,14-15,32H,12H2,1-3H3,(H,30,33)/t14-,15+/m0/s1. The van der Waals surface area contributed by atoms with Crippen LogP contribution < -0.4 is 10.1 Å². The third-order valence-electron chi connectivity index (χ3n) is 5.31. The number of fused-ring (bicyclic) bond motifs is 1. The maximum Gasteiger partial charge on any atom is 0.249 e. The van der Waals surface area contributed by atoms with Gasteiger partial charge >= 0.3 is 0 Å². The van der Waals surface area contributed by atoms with Crippen molar-refractivity contribution in [2.75, 3.05) is 0 Å². The number of amides is 1. The molecule has 0 saturated carbocycles. The number of carbonyl (C=O) groups is 1. The molecule has 4 rings (SSSR count). The van der Waals surface area contributed by atoms with Crippen molar-refractivity contribution in [1.29, 1.82) is 0 Å². The first-order valence-corrected chi connectivity index (χ1v) is 11.0. The zero-order valence-electron chi connectivity index (χ0n) is 18.8. The summed E-state index contributed by atoms with van der Waals surface area (Å²) in [4.78, 5) is 18.1. The van der Waals surface area contributed by atoms with E-state index in [2.05, 4.69) is 20.5 Å². The first-order valence-electron chi connectivity index (χ1n) is 10.6. The molecule has 176 valence electrons. The Bertz CT molecular complexity index is 1340. The third kappa shape index (κ3) is 4.85. The lowest BCUT2D eigenvalue weighted by Gasteiger charge is -2.21. The third-order valence-corrected chi connectivity index (χ3v) is 5.65. The van der Waals surface area contributed by atoms with Crippen LogP contribution in [0.5, 0.6) is 5.75 Å². The smallest absolute Gasteiger partial charge is 0.249 e. The predicted octanol–water partition coefficient (Wildman–Crippen LogP) is 4.05. The number of aryl methyl sites for hydroxylation is 1. The molecule has 1 amide bonds. The summed E-state index contributed by atoms with van der Waals surface area (Å²) >= 11 is 6.36. The first-order chi connectivity index (χ1) is 16.2. The molecule has 0 unspecified atom stereocenters. The lowest BCUT2D eigenvalue weighted by atomic mass is 10.0. The minimum atomic E-state index is -1.20. The number of hydrogen-bond donors (Lipinski definition) is 2. The highest BCUT2D eigenvalue weighted by Gasteiger charge is 2.20. The van der Waals surface area contributed by atoms with Crippen LogP contribution in [-0.2, 0) is 11.4 Å². The molecule has 2 heterocycles. The zero-order valence-corrected chi connectivity index (χ0v) is 19.5. The molecule has 2 aromatic carbocycles. The highest BCUT2D eigenvalue weighted by Crippen LogP contribution is 2.32. The van der Waals surface area contributed by atoms with Gasteiger partial charge in [0.25, 0.3) is 0 Å². The van der Waals surface area contributed by atoms with Crippen molar-refractivity contribution in [3.8, 4) is 11.4 Å². The fraction of sp³-hybridized carbons (Fsp3) is 0.250. The van der Waals surface area contributed by atoms with E-state index in [4.69, 9.17) is 16.3 Å². The van der Waals surface area contributed by atoms with Crippen LogP contribution in [0.25, 0.3) is 16.6 Å². The van der Waals surface area contributed by atoms with Gasteiger partial charge in [-0.15, -0.1) is 0 Å². The molecular formula is C24H23ClFN5O3. The van der Waals surface area contributed by atoms with Crippen molar-refractivity contribution in [2.45, 2.75) is 39.5 Å². The average molecular weight is 484 g/mol. The Balaban J connectivity index is 1.69. The second kappa shape index (κ2) is 9.74. The van der Waals surface area contributed by atoms with Gasteiger partial charge in [-0.3, -0.25) is 4.79 Å². The Morgan fingerprint density at radius 2 is 1.97 bits per heavy atom. The molecule has 0 spiro atoms. The van der Waals surface area contributed by atoms with Crippen LogP contribution in [0.2, 0.25) is 5.02 Å². The average Bonchev–Trinajstić information content (AvgIpc) is 3.32. The van der Waals surface area contributed by atoms with Crippen LogP contribution in [0, 0.1) is 12.7 Å². The van der Waals surface area contributed by atoms with Crippen molar-refractivity contribution in [2.24, 2.45) is 0 Å². The van der Waals surface area contributed by atoms with Gasteiger partial charge in [-0.2, -0.15) is 15.0 Å². The molecule has 8 nitrogen and oxygen atoms in total. The van der Waals surface area contributed by atoms with Gasteiger partial charge in [-0.1, -0.05) is 23.7 Å². The van der Waals surface area contributed by atoms with E-state index in [-0.39, 0.29) is 11.6 Å². The van der Waals surface area contributed by atoms with E-state index in [0.29, 0.717) is 22.4 Å². The first kappa shape index (κ1) is 23.6. The lowest BCUT2D eigenvalue weighted by molar-refractivity contribution is -0.129. The van der Waals surface area contributed by atoms with Crippen LogP contribution >= 0.6 is 11.6 Å². The summed E-state index contributed by atoms with van der Waals surface area (Å²) in [5.41, 5.74) is 3.09. The Morgan fingerprint density at radius 1 is 1.24 bits per heavy atom. The summed E-state index contributed by atoms with van der Waals surface area (Å²) in [6.07, 6.45) is 1.99. The van der Waals surface area contributed by atoms with Crippen molar-refractivity contribution in [3.05, 3.63) is 76.5 Å². The Labute approximate surface area is 200 Å². The summed E-state index contributed by atoms with van der Waals surface area (Å²) in [7, 11) is 0. The molecule has 0 saturated heterocycles. The van der Waals surface area contributed by atoms with Gasteiger partial charge in [0.15, 0.2) is 0 Å². The molecule has 0 radical (unpaired) electrons. The zero-order chi connectivity index (χ0) is 24.4. The van der Waals surface area contributed by atoms with E-state index < -0.39 is 23.9 Å². The molecule has 0 fully saturated rings. The molecule has 4 aromatic rings. The number of nitrogens with one attached hydrogen (secondary N) is 1. The quantitative estimate of drug-likeness (QED) is 0.411. The summed E-state index contributed by atoms with van der Waals surface area (Å²) in [6, 6.07) is 9.28. The minimum absolute atomic E-state index is 0.00737. The Morgan fingerprint density at radius 3 is 2.68 bits per heavy atom. The van der Waals surface area contributed by atoms with Gasteiger partial charge < -0.3 is 15.2 Å². The predicted molar refractivity (Wildman–Crippen MR) is 125 cm³/mol. The highest BCUT2D eigenvalue weighted by molar-refractivity contribution is 6.31. The number of benzene rings is 2. The summed E-state index contributed by atoms with van der Waals surface area (Å²) in [5, 5.41) is 21.6. The van der Waals surface area contributed by atoms with E-state index in [9.17, 15) is 14.3 Å². The molecule has 0 aliphatic carbocycles. The van der Waals surface area contributed by atoms with Crippen molar-refractivity contribution < 1.29 is 19.0 Å². The molecular weight excluding hydrogens is 461 g/mol. The number of halogens is 2. The number of rotatable bonds is 7. The van der Waals surface area contributed by atoms with E-state index in [1.54, 1.807) is 25.4 Å². The molecule has 2 atom stereocenters. The summed E-state index contributed by atoms with van der Waals surface area (Å²) in [5.74, 6) is -0.615. The lowest BCUT2D eigenvalue weighted by Crippen LogP contribution is -2.34. The minimum Gasteiger partial charge on any atom is -0.487 e. The topological polar surface area (TPSA) is 102 Å². The Kier molecular flexibility index (Phi) is 6.76. The maximum absolute atomic E-state index is 14.1. The molecule has 0 aliphatic heterocycles. The van der Waals surface area contributed by atoms with Crippen LogP contribution in [0.15, 0.2) is 48.8 Å². The highest BCUT2D eigenvalue weighted by atomic mass is 35.5. The van der Waals surface area contributed by atoms with Crippen molar-refractivity contribution >= 4 is 28.4 Å². The van der Waals surface area contributed by atoms with Gasteiger partial charge in [0.2, 0.25) is 5.91 Å². The normalized spacial score (nSPS) is 13.0. The molecule has 2 N–H and O–H groups in total. The number of nitrogens with zero attached hydrogens (tertiary/aromatic N) is 4. The maximum atomic E-state index is 14.1. The second-order valence-corrected chi connectivity index (χ2v) is 8.31. The monoisotopic (exact) mass is 483 g/mol. The van der Waals surface area contributed by atoms with Gasteiger partial charge in [0, 0.05) is 16.6 Å². The van der Waals surface area contributed by atoms with Crippen LogP contribution in [0.3, 0.4) is 0 Å².